The Bertz CT molecular complexity index is 544. The molecule has 0 aromatic heterocycles. The Hall–Kier alpha value is -1.17. The molecule has 2 heterocycles. The summed E-state index contributed by atoms with van der Waals surface area (Å²) < 4.78 is 19.9. The molecule has 0 unspecified atom stereocenters. The summed E-state index contributed by atoms with van der Waals surface area (Å²) in [7, 11) is 0. The normalized spacial score (nSPS) is 21.2. The fourth-order valence-corrected chi connectivity index (χ4v) is 3.50. The highest BCUT2D eigenvalue weighted by Crippen LogP contribution is 2.22. The summed E-state index contributed by atoms with van der Waals surface area (Å²) in [5, 5.41) is 0. The lowest BCUT2D eigenvalue weighted by Gasteiger charge is -2.42. The SMILES string of the molecule is CC(C)(C)N1CCN(Cc2ccc(N3CCOCC3)cc2F)CC1. The van der Waals surface area contributed by atoms with Gasteiger partial charge in [-0.2, -0.15) is 0 Å². The zero-order valence-electron chi connectivity index (χ0n) is 15.2. The van der Waals surface area contributed by atoms with Crippen molar-refractivity contribution in [1.82, 2.24) is 9.80 Å². The van der Waals surface area contributed by atoms with Gasteiger partial charge in [-0.05, 0) is 32.9 Å². The van der Waals surface area contributed by atoms with Gasteiger partial charge in [0.1, 0.15) is 5.82 Å². The molecule has 2 aliphatic heterocycles. The summed E-state index contributed by atoms with van der Waals surface area (Å²) in [6.07, 6.45) is 0. The molecule has 0 amide bonds. The molecule has 5 heteroatoms. The van der Waals surface area contributed by atoms with E-state index in [-0.39, 0.29) is 11.4 Å². The molecule has 0 N–H and O–H groups in total. The second-order valence-electron chi connectivity index (χ2n) is 7.81. The summed E-state index contributed by atoms with van der Waals surface area (Å²) in [5.41, 5.74) is 1.99. The Kier molecular flexibility index (Phi) is 5.42. The number of hydrogen-bond acceptors (Lipinski definition) is 4. The van der Waals surface area contributed by atoms with Crippen molar-refractivity contribution in [1.29, 1.82) is 0 Å². The highest BCUT2D eigenvalue weighted by molar-refractivity contribution is 5.48. The molecule has 1 aromatic rings. The molecule has 1 aromatic carbocycles. The van der Waals surface area contributed by atoms with Crippen molar-refractivity contribution in [3.8, 4) is 0 Å². The second kappa shape index (κ2) is 7.38. The molecule has 3 rings (SSSR count). The minimum atomic E-state index is -0.0859. The number of anilines is 1. The van der Waals surface area contributed by atoms with Crippen LogP contribution in [0, 0.1) is 5.82 Å². The van der Waals surface area contributed by atoms with Crippen LogP contribution in [0.15, 0.2) is 18.2 Å². The number of morpholine rings is 1. The van der Waals surface area contributed by atoms with Crippen molar-refractivity contribution in [3.05, 3.63) is 29.6 Å². The van der Waals surface area contributed by atoms with E-state index in [4.69, 9.17) is 4.74 Å². The number of ether oxygens (including phenoxy) is 1. The fourth-order valence-electron chi connectivity index (χ4n) is 3.50. The highest BCUT2D eigenvalue weighted by Gasteiger charge is 2.26. The van der Waals surface area contributed by atoms with Crippen LogP contribution in [-0.2, 0) is 11.3 Å². The van der Waals surface area contributed by atoms with Crippen molar-refractivity contribution in [3.63, 3.8) is 0 Å². The van der Waals surface area contributed by atoms with Crippen LogP contribution in [0.1, 0.15) is 26.3 Å². The van der Waals surface area contributed by atoms with Crippen molar-refractivity contribution in [2.45, 2.75) is 32.9 Å². The molecule has 0 bridgehead atoms. The molecular weight excluding hydrogens is 305 g/mol. The van der Waals surface area contributed by atoms with Gasteiger partial charge >= 0.3 is 0 Å². The van der Waals surface area contributed by atoms with Crippen LogP contribution < -0.4 is 4.90 Å². The standard InChI is InChI=1S/C19H30FN3O/c1-19(2,3)23-8-6-21(7-9-23)15-16-4-5-17(14-18(16)20)22-10-12-24-13-11-22/h4-5,14H,6-13,15H2,1-3H3. The Morgan fingerprint density at radius 3 is 2.25 bits per heavy atom. The highest BCUT2D eigenvalue weighted by atomic mass is 19.1. The lowest BCUT2D eigenvalue weighted by molar-refractivity contribution is 0.0586. The van der Waals surface area contributed by atoms with E-state index in [2.05, 4.69) is 41.5 Å². The molecule has 2 aliphatic rings. The molecule has 134 valence electrons. The average Bonchev–Trinajstić information content (AvgIpc) is 2.57. The molecule has 2 saturated heterocycles. The van der Waals surface area contributed by atoms with Crippen LogP contribution in [-0.4, -0.2) is 67.8 Å². The van der Waals surface area contributed by atoms with E-state index in [9.17, 15) is 4.39 Å². The minimum Gasteiger partial charge on any atom is -0.378 e. The van der Waals surface area contributed by atoms with E-state index in [0.29, 0.717) is 6.54 Å². The zero-order valence-corrected chi connectivity index (χ0v) is 15.2. The summed E-state index contributed by atoms with van der Waals surface area (Å²) in [6.45, 7) is 14.7. The molecule has 0 aliphatic carbocycles. The Balaban J connectivity index is 1.58. The maximum absolute atomic E-state index is 14.5. The number of nitrogens with zero attached hydrogens (tertiary/aromatic N) is 3. The first-order valence-electron chi connectivity index (χ1n) is 9.02. The van der Waals surface area contributed by atoms with Crippen molar-refractivity contribution in [2.24, 2.45) is 0 Å². The van der Waals surface area contributed by atoms with E-state index in [0.717, 1.165) is 63.7 Å². The molecule has 0 spiro atoms. The quantitative estimate of drug-likeness (QED) is 0.845. The third kappa shape index (κ3) is 4.26. The van der Waals surface area contributed by atoms with Crippen molar-refractivity contribution >= 4 is 5.69 Å². The van der Waals surface area contributed by atoms with E-state index in [1.807, 2.05) is 6.07 Å². The van der Waals surface area contributed by atoms with Gasteiger partial charge in [0.2, 0.25) is 0 Å². The van der Waals surface area contributed by atoms with E-state index in [1.54, 1.807) is 6.07 Å². The van der Waals surface area contributed by atoms with Gasteiger partial charge < -0.3 is 9.64 Å². The Morgan fingerprint density at radius 1 is 1.00 bits per heavy atom. The van der Waals surface area contributed by atoms with Gasteiger partial charge in [0, 0.05) is 62.6 Å². The predicted molar refractivity (Wildman–Crippen MR) is 96.0 cm³/mol. The monoisotopic (exact) mass is 335 g/mol. The van der Waals surface area contributed by atoms with Gasteiger partial charge in [0.25, 0.3) is 0 Å². The van der Waals surface area contributed by atoms with Crippen LogP contribution in [0.3, 0.4) is 0 Å². The third-order valence-corrected chi connectivity index (χ3v) is 5.13. The maximum Gasteiger partial charge on any atom is 0.129 e. The topological polar surface area (TPSA) is 19.0 Å². The van der Waals surface area contributed by atoms with Gasteiger partial charge in [-0.3, -0.25) is 9.80 Å². The Labute approximate surface area is 145 Å². The van der Waals surface area contributed by atoms with Crippen molar-refractivity contribution < 1.29 is 9.13 Å². The molecule has 0 saturated carbocycles. The smallest absolute Gasteiger partial charge is 0.129 e. The molecular formula is C19H30FN3O. The largest absolute Gasteiger partial charge is 0.378 e. The summed E-state index contributed by atoms with van der Waals surface area (Å²) in [6, 6.07) is 5.69. The van der Waals surface area contributed by atoms with Gasteiger partial charge in [-0.15, -0.1) is 0 Å². The van der Waals surface area contributed by atoms with Crippen molar-refractivity contribution in [2.75, 3.05) is 57.4 Å². The van der Waals surface area contributed by atoms with Crippen LogP contribution >= 0.6 is 0 Å². The first-order chi connectivity index (χ1) is 11.4. The van der Waals surface area contributed by atoms with Crippen LogP contribution in [0.5, 0.6) is 0 Å². The van der Waals surface area contributed by atoms with Gasteiger partial charge in [0.05, 0.1) is 13.2 Å². The number of piperazine rings is 1. The summed E-state index contributed by atoms with van der Waals surface area (Å²) >= 11 is 0. The summed E-state index contributed by atoms with van der Waals surface area (Å²) in [5.74, 6) is -0.0859. The first kappa shape index (κ1) is 17.6. The fraction of sp³-hybridized carbons (Fsp3) is 0.684. The van der Waals surface area contributed by atoms with E-state index >= 15 is 0 Å². The Morgan fingerprint density at radius 2 is 1.67 bits per heavy atom. The lowest BCUT2D eigenvalue weighted by Crippen LogP contribution is -2.53. The average molecular weight is 335 g/mol. The predicted octanol–water partition coefficient (Wildman–Crippen LogP) is 2.58. The maximum atomic E-state index is 14.5. The van der Waals surface area contributed by atoms with E-state index in [1.165, 1.54) is 0 Å². The molecule has 0 radical (unpaired) electrons. The van der Waals surface area contributed by atoms with Crippen LogP contribution in [0.4, 0.5) is 10.1 Å². The van der Waals surface area contributed by atoms with Gasteiger partial charge in [0.15, 0.2) is 0 Å². The number of benzene rings is 1. The van der Waals surface area contributed by atoms with Crippen LogP contribution in [0.2, 0.25) is 0 Å². The number of rotatable bonds is 3. The number of hydrogen-bond donors (Lipinski definition) is 0. The van der Waals surface area contributed by atoms with Gasteiger partial charge in [-0.25, -0.2) is 4.39 Å². The second-order valence-corrected chi connectivity index (χ2v) is 7.81. The lowest BCUT2D eigenvalue weighted by atomic mass is 10.0. The molecule has 4 nitrogen and oxygen atoms in total. The number of halogens is 1. The minimum absolute atomic E-state index is 0.0859. The molecule has 2 fully saturated rings. The van der Waals surface area contributed by atoms with Crippen LogP contribution in [0.25, 0.3) is 0 Å². The third-order valence-electron chi connectivity index (χ3n) is 5.13. The van der Waals surface area contributed by atoms with Gasteiger partial charge in [-0.1, -0.05) is 6.07 Å². The molecule has 24 heavy (non-hydrogen) atoms. The zero-order chi connectivity index (χ0) is 17.2. The molecule has 0 atom stereocenters. The van der Waals surface area contributed by atoms with E-state index < -0.39 is 0 Å². The first-order valence-corrected chi connectivity index (χ1v) is 9.02. The summed E-state index contributed by atoms with van der Waals surface area (Å²) in [4.78, 5) is 7.05.